The number of nitrogens with zero attached hydrogens (tertiary/aromatic N) is 1. The van der Waals surface area contributed by atoms with Crippen LogP contribution in [0.1, 0.15) is 40.3 Å². The molecule has 7 nitrogen and oxygen atoms in total. The minimum atomic E-state index is -0.632. The number of aromatic hydroxyl groups is 1. The Balaban J connectivity index is 2.00. The number of aryl methyl sites for hydroxylation is 1. The van der Waals surface area contributed by atoms with Crippen molar-refractivity contribution in [1.82, 2.24) is 4.57 Å². The van der Waals surface area contributed by atoms with Crippen LogP contribution < -0.4 is 4.74 Å². The van der Waals surface area contributed by atoms with Crippen LogP contribution in [0.2, 0.25) is 0 Å². The maximum atomic E-state index is 12.5. The maximum absolute atomic E-state index is 12.5. The molecule has 0 spiro atoms. The molecule has 0 saturated carbocycles. The Morgan fingerprint density at radius 2 is 1.93 bits per heavy atom. The summed E-state index contributed by atoms with van der Waals surface area (Å²) < 4.78 is 17.3. The molecule has 0 aliphatic rings. The lowest BCUT2D eigenvalue weighted by atomic mass is 10.1. The number of esters is 1. The SMILES string of the molecule is COC[C@@H](C)n1c(C)cc(C(=O)COC(=O)/C=C/c2ccc(O)c(OC)c2)c1C. The molecule has 0 unspecified atom stereocenters. The van der Waals surface area contributed by atoms with Gasteiger partial charge in [-0.3, -0.25) is 4.79 Å². The first kappa shape index (κ1) is 22.2. The number of benzene rings is 1. The number of carbonyl (C=O) groups is 2. The minimum Gasteiger partial charge on any atom is -0.504 e. The van der Waals surface area contributed by atoms with E-state index >= 15 is 0 Å². The van der Waals surface area contributed by atoms with Crippen LogP contribution in [0.5, 0.6) is 11.5 Å². The zero-order valence-electron chi connectivity index (χ0n) is 17.4. The second-order valence-corrected chi connectivity index (χ2v) is 6.75. The molecule has 2 aromatic rings. The van der Waals surface area contributed by atoms with Gasteiger partial charge in [-0.05, 0) is 50.6 Å². The summed E-state index contributed by atoms with van der Waals surface area (Å²) in [5, 5.41) is 9.59. The molecule has 1 aromatic carbocycles. The van der Waals surface area contributed by atoms with E-state index in [2.05, 4.69) is 0 Å². The summed E-state index contributed by atoms with van der Waals surface area (Å²) in [5.74, 6) is -0.585. The normalized spacial score (nSPS) is 12.2. The van der Waals surface area contributed by atoms with Crippen molar-refractivity contribution < 1.29 is 28.9 Å². The molecule has 29 heavy (non-hydrogen) atoms. The molecule has 2 rings (SSSR count). The van der Waals surface area contributed by atoms with E-state index in [1.165, 1.54) is 25.3 Å². The summed E-state index contributed by atoms with van der Waals surface area (Å²) in [6.45, 7) is 6.00. The van der Waals surface area contributed by atoms with Crippen molar-refractivity contribution in [2.75, 3.05) is 27.4 Å². The summed E-state index contributed by atoms with van der Waals surface area (Å²) in [4.78, 5) is 24.5. The fraction of sp³-hybridized carbons (Fsp3) is 0.364. The van der Waals surface area contributed by atoms with E-state index in [-0.39, 0.29) is 24.2 Å². The molecular formula is C22H27NO6. The van der Waals surface area contributed by atoms with Gasteiger partial charge >= 0.3 is 5.97 Å². The first-order valence-corrected chi connectivity index (χ1v) is 9.20. The minimum absolute atomic E-state index is 0.00948. The van der Waals surface area contributed by atoms with Gasteiger partial charge in [0.05, 0.1) is 19.8 Å². The average Bonchev–Trinajstić information content (AvgIpc) is 2.99. The highest BCUT2D eigenvalue weighted by Gasteiger charge is 2.19. The van der Waals surface area contributed by atoms with Gasteiger partial charge in [0.25, 0.3) is 0 Å². The highest BCUT2D eigenvalue weighted by atomic mass is 16.5. The Hall–Kier alpha value is -3.06. The third kappa shape index (κ3) is 5.48. The Bertz CT molecular complexity index is 912. The van der Waals surface area contributed by atoms with Gasteiger partial charge < -0.3 is 23.9 Å². The van der Waals surface area contributed by atoms with Crippen molar-refractivity contribution in [3.8, 4) is 11.5 Å². The molecule has 1 N–H and O–H groups in total. The van der Waals surface area contributed by atoms with Crippen LogP contribution in [0.25, 0.3) is 6.08 Å². The molecule has 156 valence electrons. The molecule has 0 aliphatic carbocycles. The quantitative estimate of drug-likeness (QED) is 0.393. The number of ether oxygens (including phenoxy) is 3. The molecule has 1 atom stereocenters. The number of carbonyl (C=O) groups excluding carboxylic acids is 2. The zero-order valence-corrected chi connectivity index (χ0v) is 17.4. The monoisotopic (exact) mass is 401 g/mol. The standard InChI is InChI=1S/C22H27NO6/c1-14-10-18(16(3)23(14)15(2)12-27-4)20(25)13-29-22(26)9-7-17-6-8-19(24)21(11-17)28-5/h6-11,15,24H,12-13H2,1-5H3/b9-7+/t15-/m1/s1. The smallest absolute Gasteiger partial charge is 0.331 e. The van der Waals surface area contributed by atoms with Crippen LogP contribution in [0, 0.1) is 13.8 Å². The van der Waals surface area contributed by atoms with Crippen molar-refractivity contribution >= 4 is 17.8 Å². The number of phenolic OH excluding ortho intramolecular Hbond substituents is 1. The molecule has 7 heteroatoms. The van der Waals surface area contributed by atoms with Crippen LogP contribution in [-0.4, -0.2) is 48.9 Å². The highest BCUT2D eigenvalue weighted by Crippen LogP contribution is 2.26. The number of aromatic nitrogens is 1. The van der Waals surface area contributed by atoms with Crippen LogP contribution in [0.3, 0.4) is 0 Å². The van der Waals surface area contributed by atoms with Gasteiger partial charge in [-0.1, -0.05) is 6.07 Å². The van der Waals surface area contributed by atoms with Crippen LogP contribution >= 0.6 is 0 Å². The predicted molar refractivity (Wildman–Crippen MR) is 109 cm³/mol. The van der Waals surface area contributed by atoms with Crippen molar-refractivity contribution in [3.63, 3.8) is 0 Å². The highest BCUT2D eigenvalue weighted by molar-refractivity contribution is 6.00. The molecule has 0 bridgehead atoms. The summed E-state index contributed by atoms with van der Waals surface area (Å²) in [6.07, 6.45) is 2.75. The molecule has 1 aromatic heterocycles. The number of rotatable bonds is 9. The van der Waals surface area contributed by atoms with E-state index in [4.69, 9.17) is 14.2 Å². The van der Waals surface area contributed by atoms with Crippen molar-refractivity contribution in [1.29, 1.82) is 0 Å². The fourth-order valence-corrected chi connectivity index (χ4v) is 3.28. The number of hydrogen-bond acceptors (Lipinski definition) is 6. The number of phenols is 1. The molecule has 1 heterocycles. The summed E-state index contributed by atoms with van der Waals surface area (Å²) in [6, 6.07) is 6.57. The Kier molecular flexibility index (Phi) is 7.61. The van der Waals surface area contributed by atoms with Gasteiger partial charge in [0.15, 0.2) is 18.1 Å². The molecule has 0 radical (unpaired) electrons. The summed E-state index contributed by atoms with van der Waals surface area (Å²) >= 11 is 0. The number of Topliss-reactive ketones (excluding diaryl/α,β-unsaturated/α-hetero) is 1. The number of methoxy groups -OCH3 is 2. The Labute approximate surface area is 170 Å². The van der Waals surface area contributed by atoms with Gasteiger partial charge in [0.1, 0.15) is 0 Å². The summed E-state index contributed by atoms with van der Waals surface area (Å²) in [7, 11) is 3.08. The van der Waals surface area contributed by atoms with Gasteiger partial charge in [0, 0.05) is 30.1 Å². The Morgan fingerprint density at radius 1 is 1.21 bits per heavy atom. The number of hydrogen-bond donors (Lipinski definition) is 1. The van der Waals surface area contributed by atoms with Crippen LogP contribution in [0.15, 0.2) is 30.3 Å². The van der Waals surface area contributed by atoms with Crippen molar-refractivity contribution in [2.45, 2.75) is 26.8 Å². The van der Waals surface area contributed by atoms with Gasteiger partial charge in [-0.25, -0.2) is 4.79 Å². The third-order valence-corrected chi connectivity index (χ3v) is 4.59. The lowest BCUT2D eigenvalue weighted by molar-refractivity contribution is -0.136. The third-order valence-electron chi connectivity index (χ3n) is 4.59. The first-order chi connectivity index (χ1) is 13.8. The van der Waals surface area contributed by atoms with E-state index in [0.717, 1.165) is 11.4 Å². The topological polar surface area (TPSA) is 87.0 Å². The lowest BCUT2D eigenvalue weighted by Gasteiger charge is -2.17. The van der Waals surface area contributed by atoms with Crippen LogP contribution in [-0.2, 0) is 14.3 Å². The largest absolute Gasteiger partial charge is 0.504 e. The van der Waals surface area contributed by atoms with E-state index in [0.29, 0.717) is 23.5 Å². The molecule has 0 amide bonds. The fourth-order valence-electron chi connectivity index (χ4n) is 3.28. The van der Waals surface area contributed by atoms with E-state index in [1.807, 2.05) is 25.3 Å². The number of ketones is 1. The van der Waals surface area contributed by atoms with Crippen LogP contribution in [0.4, 0.5) is 0 Å². The molecule has 0 fully saturated rings. The average molecular weight is 401 g/mol. The van der Waals surface area contributed by atoms with E-state index < -0.39 is 5.97 Å². The molecule has 0 aliphatic heterocycles. The first-order valence-electron chi connectivity index (χ1n) is 9.20. The maximum Gasteiger partial charge on any atom is 0.331 e. The second kappa shape index (κ2) is 9.93. The van der Waals surface area contributed by atoms with Gasteiger partial charge in [-0.2, -0.15) is 0 Å². The van der Waals surface area contributed by atoms with Crippen molar-refractivity contribution in [2.24, 2.45) is 0 Å². The van der Waals surface area contributed by atoms with Gasteiger partial charge in [0.2, 0.25) is 5.78 Å². The second-order valence-electron chi connectivity index (χ2n) is 6.75. The lowest BCUT2D eigenvalue weighted by Crippen LogP contribution is -2.16. The van der Waals surface area contributed by atoms with Gasteiger partial charge in [-0.15, -0.1) is 0 Å². The summed E-state index contributed by atoms with van der Waals surface area (Å²) in [5.41, 5.74) is 2.95. The van der Waals surface area contributed by atoms with E-state index in [1.54, 1.807) is 25.3 Å². The van der Waals surface area contributed by atoms with Crippen molar-refractivity contribution in [3.05, 3.63) is 52.9 Å². The zero-order chi connectivity index (χ0) is 21.6. The Morgan fingerprint density at radius 3 is 2.59 bits per heavy atom. The molecule has 0 saturated heterocycles. The molecular weight excluding hydrogens is 374 g/mol. The predicted octanol–water partition coefficient (Wildman–Crippen LogP) is 3.47. The van der Waals surface area contributed by atoms with E-state index in [9.17, 15) is 14.7 Å².